The minimum Gasteiger partial charge on any atom is -0.341 e. The summed E-state index contributed by atoms with van der Waals surface area (Å²) in [5.41, 5.74) is 0.846. The number of amides is 1. The van der Waals surface area contributed by atoms with Crippen LogP contribution in [-0.2, 0) is 21.5 Å². The molecule has 2 saturated heterocycles. The van der Waals surface area contributed by atoms with Gasteiger partial charge in [0, 0.05) is 37.7 Å². The largest absolute Gasteiger partial charge is 0.341 e. The van der Waals surface area contributed by atoms with E-state index < -0.39 is 10.2 Å². The molecule has 0 aliphatic carbocycles. The lowest BCUT2D eigenvalue weighted by molar-refractivity contribution is -0.133. The van der Waals surface area contributed by atoms with Gasteiger partial charge in [-0.05, 0) is 42.9 Å². The highest BCUT2D eigenvalue weighted by atomic mass is 35.5. The molecule has 6 nitrogen and oxygen atoms in total. The van der Waals surface area contributed by atoms with E-state index in [2.05, 4.69) is 6.92 Å². The van der Waals surface area contributed by atoms with E-state index in [1.54, 1.807) is 17.0 Å². The van der Waals surface area contributed by atoms with Gasteiger partial charge in [-0.25, -0.2) is 0 Å². The fourth-order valence-corrected chi connectivity index (χ4v) is 5.49. The normalized spacial score (nSPS) is 24.5. The molecular weight excluding hydrogens is 374 g/mol. The molecule has 2 fully saturated rings. The zero-order valence-electron chi connectivity index (χ0n) is 15.1. The molecule has 1 amide bonds. The number of hydrogen-bond donors (Lipinski definition) is 0. The maximum atomic E-state index is 12.9. The summed E-state index contributed by atoms with van der Waals surface area (Å²) < 4.78 is 28.6. The Kier molecular flexibility index (Phi) is 6.22. The van der Waals surface area contributed by atoms with E-state index in [4.69, 9.17) is 11.6 Å². The van der Waals surface area contributed by atoms with Crippen molar-refractivity contribution in [2.24, 2.45) is 5.92 Å². The third-order valence-corrected chi connectivity index (χ3v) is 7.20. The van der Waals surface area contributed by atoms with Crippen LogP contribution in [0.15, 0.2) is 24.3 Å². The van der Waals surface area contributed by atoms with E-state index in [0.717, 1.165) is 31.5 Å². The van der Waals surface area contributed by atoms with Gasteiger partial charge < -0.3 is 4.90 Å². The second-order valence-corrected chi connectivity index (χ2v) is 9.61. The van der Waals surface area contributed by atoms with Crippen molar-refractivity contribution in [1.82, 2.24) is 13.5 Å². The van der Waals surface area contributed by atoms with Crippen LogP contribution in [0.25, 0.3) is 0 Å². The molecule has 3 rings (SSSR count). The molecule has 2 heterocycles. The summed E-state index contributed by atoms with van der Waals surface area (Å²) in [4.78, 5) is 14.4. The standard InChI is InChI=1S/C18H26ClN3O3S/c1-15-5-3-8-20(12-15)18(23)14-22-10-4-9-21(26(22,24)25)13-16-6-2-7-17(19)11-16/h2,6-7,11,15H,3-5,8-10,12-14H2,1H3/t15-/m0/s1. The zero-order valence-corrected chi connectivity index (χ0v) is 16.7. The predicted octanol–water partition coefficient (Wildman–Crippen LogP) is 2.35. The molecule has 0 aromatic heterocycles. The van der Waals surface area contributed by atoms with Gasteiger partial charge in [-0.2, -0.15) is 17.0 Å². The first kappa shape index (κ1) is 19.6. The summed E-state index contributed by atoms with van der Waals surface area (Å²) in [5, 5.41) is 0.586. The van der Waals surface area contributed by atoms with Crippen LogP contribution in [-0.4, -0.2) is 60.6 Å². The lowest BCUT2D eigenvalue weighted by atomic mass is 10.0. The first-order valence-electron chi connectivity index (χ1n) is 9.13. The quantitative estimate of drug-likeness (QED) is 0.780. The number of carbonyl (C=O) groups excluding carboxylic acids is 1. The van der Waals surface area contributed by atoms with Crippen molar-refractivity contribution in [3.05, 3.63) is 34.9 Å². The number of halogens is 1. The van der Waals surface area contributed by atoms with E-state index in [-0.39, 0.29) is 19.0 Å². The van der Waals surface area contributed by atoms with Gasteiger partial charge in [0.2, 0.25) is 5.91 Å². The smallest absolute Gasteiger partial charge is 0.282 e. The van der Waals surface area contributed by atoms with E-state index in [1.165, 1.54) is 8.61 Å². The van der Waals surface area contributed by atoms with Gasteiger partial charge in [0.15, 0.2) is 0 Å². The number of benzene rings is 1. The van der Waals surface area contributed by atoms with Crippen LogP contribution in [0.2, 0.25) is 5.02 Å². The molecular formula is C18H26ClN3O3S. The third-order valence-electron chi connectivity index (χ3n) is 5.04. The second-order valence-electron chi connectivity index (χ2n) is 7.25. The number of nitrogens with zero attached hydrogens (tertiary/aromatic N) is 3. The number of hydrogen-bond acceptors (Lipinski definition) is 3. The average Bonchev–Trinajstić information content (AvgIpc) is 2.58. The van der Waals surface area contributed by atoms with Crippen LogP contribution in [0.1, 0.15) is 31.7 Å². The molecule has 0 saturated carbocycles. The highest BCUT2D eigenvalue weighted by Gasteiger charge is 2.36. The summed E-state index contributed by atoms with van der Waals surface area (Å²) in [5.74, 6) is 0.384. The molecule has 1 aromatic carbocycles. The van der Waals surface area contributed by atoms with Crippen molar-refractivity contribution in [2.75, 3.05) is 32.7 Å². The molecule has 0 N–H and O–H groups in total. The van der Waals surface area contributed by atoms with Gasteiger partial charge in [0.1, 0.15) is 0 Å². The maximum Gasteiger partial charge on any atom is 0.282 e. The number of piperidine rings is 1. The highest BCUT2D eigenvalue weighted by molar-refractivity contribution is 7.86. The Hall–Kier alpha value is -1.15. The van der Waals surface area contributed by atoms with Gasteiger partial charge in [-0.15, -0.1) is 0 Å². The molecule has 2 aliphatic heterocycles. The molecule has 0 unspecified atom stereocenters. The SMILES string of the molecule is C[C@H]1CCCN(C(=O)CN2CCCN(Cc3cccc(Cl)c3)S2(=O)=O)C1. The first-order chi connectivity index (χ1) is 12.4. The van der Waals surface area contributed by atoms with Crippen molar-refractivity contribution in [3.8, 4) is 0 Å². The van der Waals surface area contributed by atoms with Crippen LogP contribution in [0, 0.1) is 5.92 Å². The van der Waals surface area contributed by atoms with Crippen LogP contribution in [0.5, 0.6) is 0 Å². The topological polar surface area (TPSA) is 60.9 Å². The molecule has 0 radical (unpaired) electrons. The summed E-state index contributed by atoms with van der Waals surface area (Å²) in [6, 6.07) is 7.21. The van der Waals surface area contributed by atoms with Gasteiger partial charge in [0.25, 0.3) is 10.2 Å². The molecule has 8 heteroatoms. The molecule has 1 aromatic rings. The zero-order chi connectivity index (χ0) is 18.7. The molecule has 2 aliphatic rings. The molecule has 1 atom stereocenters. The summed E-state index contributed by atoms with van der Waals surface area (Å²) in [7, 11) is -3.65. The predicted molar refractivity (Wildman–Crippen MR) is 102 cm³/mol. The third kappa shape index (κ3) is 4.57. The van der Waals surface area contributed by atoms with Gasteiger partial charge >= 0.3 is 0 Å². The summed E-state index contributed by atoms with van der Waals surface area (Å²) in [6.45, 7) is 4.63. The Morgan fingerprint density at radius 3 is 2.69 bits per heavy atom. The Morgan fingerprint density at radius 2 is 1.96 bits per heavy atom. The van der Waals surface area contributed by atoms with Crippen molar-refractivity contribution in [2.45, 2.75) is 32.7 Å². The van der Waals surface area contributed by atoms with Crippen LogP contribution >= 0.6 is 11.6 Å². The van der Waals surface area contributed by atoms with Crippen molar-refractivity contribution >= 4 is 27.7 Å². The minimum atomic E-state index is -3.65. The van der Waals surface area contributed by atoms with Crippen molar-refractivity contribution in [1.29, 1.82) is 0 Å². The first-order valence-corrected chi connectivity index (χ1v) is 10.9. The number of carbonyl (C=O) groups is 1. The lowest BCUT2D eigenvalue weighted by Gasteiger charge is -2.36. The Balaban J connectivity index is 1.67. The van der Waals surface area contributed by atoms with Crippen LogP contribution in [0.4, 0.5) is 0 Å². The fraction of sp³-hybridized carbons (Fsp3) is 0.611. The Bertz CT molecular complexity index is 756. The Morgan fingerprint density at radius 1 is 1.19 bits per heavy atom. The number of likely N-dealkylation sites (tertiary alicyclic amines) is 1. The van der Waals surface area contributed by atoms with Gasteiger partial charge in [-0.3, -0.25) is 4.79 Å². The summed E-state index contributed by atoms with van der Waals surface area (Å²) in [6.07, 6.45) is 2.82. The Labute approximate surface area is 160 Å². The average molecular weight is 400 g/mol. The van der Waals surface area contributed by atoms with E-state index >= 15 is 0 Å². The van der Waals surface area contributed by atoms with E-state index in [0.29, 0.717) is 30.5 Å². The van der Waals surface area contributed by atoms with Gasteiger partial charge in [0.05, 0.1) is 6.54 Å². The summed E-state index contributed by atoms with van der Waals surface area (Å²) >= 11 is 6.00. The van der Waals surface area contributed by atoms with E-state index in [1.807, 2.05) is 12.1 Å². The maximum absolute atomic E-state index is 12.9. The minimum absolute atomic E-state index is 0.0684. The molecule has 0 spiro atoms. The fourth-order valence-electron chi connectivity index (χ4n) is 3.64. The van der Waals surface area contributed by atoms with E-state index in [9.17, 15) is 13.2 Å². The van der Waals surface area contributed by atoms with Gasteiger partial charge in [-0.1, -0.05) is 30.7 Å². The monoisotopic (exact) mass is 399 g/mol. The molecule has 26 heavy (non-hydrogen) atoms. The highest BCUT2D eigenvalue weighted by Crippen LogP contribution is 2.22. The van der Waals surface area contributed by atoms with Crippen molar-refractivity contribution in [3.63, 3.8) is 0 Å². The number of rotatable bonds is 4. The lowest BCUT2D eigenvalue weighted by Crippen LogP contribution is -2.53. The van der Waals surface area contributed by atoms with Crippen LogP contribution < -0.4 is 0 Å². The van der Waals surface area contributed by atoms with Crippen molar-refractivity contribution < 1.29 is 13.2 Å². The van der Waals surface area contributed by atoms with Crippen LogP contribution in [0.3, 0.4) is 0 Å². The second kappa shape index (κ2) is 8.25. The molecule has 0 bridgehead atoms. The molecule has 144 valence electrons.